The predicted octanol–water partition coefficient (Wildman–Crippen LogP) is 2.40. The first-order valence-corrected chi connectivity index (χ1v) is 5.63. The molecule has 0 aromatic heterocycles. The zero-order valence-corrected chi connectivity index (χ0v) is 9.63. The molecule has 1 aromatic rings. The number of benzene rings is 1. The minimum atomic E-state index is -0.482. The molecule has 5 heteroatoms. The van der Waals surface area contributed by atoms with Crippen molar-refractivity contribution >= 4 is 17.7 Å². The number of nitrogens with zero attached hydrogens (tertiary/aromatic N) is 2. The summed E-state index contributed by atoms with van der Waals surface area (Å²) >= 11 is 0. The van der Waals surface area contributed by atoms with E-state index in [-0.39, 0.29) is 5.69 Å². The van der Waals surface area contributed by atoms with Gasteiger partial charge in [-0.25, -0.2) is 0 Å². The average Bonchev–Trinajstić information content (AvgIpc) is 2.74. The summed E-state index contributed by atoms with van der Waals surface area (Å²) in [4.78, 5) is 23.3. The lowest BCUT2D eigenvalue weighted by molar-refractivity contribution is -0.384. The number of carbonyl (C=O) groups is 1. The molecular formula is C12H14N2O3. The molecule has 2 rings (SSSR count). The number of hydrogen-bond acceptors (Lipinski definition) is 4. The minimum Gasteiger partial charge on any atom is -0.368 e. The molecule has 0 amide bonds. The van der Waals surface area contributed by atoms with Gasteiger partial charge in [-0.2, -0.15) is 0 Å². The Hall–Kier alpha value is -1.91. The molecule has 1 aliphatic heterocycles. The first-order chi connectivity index (χ1) is 8.13. The summed E-state index contributed by atoms with van der Waals surface area (Å²) in [5.74, 6) is 0. The molecule has 5 nitrogen and oxygen atoms in total. The zero-order chi connectivity index (χ0) is 12.4. The van der Waals surface area contributed by atoms with Crippen LogP contribution in [0.3, 0.4) is 0 Å². The number of hydrogen-bond donors (Lipinski definition) is 0. The number of non-ortho nitro benzene ring substituents is 1. The molecule has 1 unspecified atom stereocenters. The molecule has 0 radical (unpaired) electrons. The van der Waals surface area contributed by atoms with Gasteiger partial charge in [-0.3, -0.25) is 14.9 Å². The Labute approximate surface area is 99.2 Å². The lowest BCUT2D eigenvalue weighted by Crippen LogP contribution is -2.27. The van der Waals surface area contributed by atoms with E-state index < -0.39 is 4.92 Å². The number of nitro groups is 1. The van der Waals surface area contributed by atoms with Crippen LogP contribution in [0.25, 0.3) is 0 Å². The SMILES string of the molecule is CC1CCCN1c1ccc([N+](=O)[O-])cc1C=O. The van der Waals surface area contributed by atoms with Gasteiger partial charge in [0.25, 0.3) is 5.69 Å². The minimum absolute atomic E-state index is 0.0392. The van der Waals surface area contributed by atoms with Crippen molar-refractivity contribution in [3.8, 4) is 0 Å². The van der Waals surface area contributed by atoms with E-state index in [9.17, 15) is 14.9 Å². The van der Waals surface area contributed by atoms with E-state index in [1.807, 2.05) is 0 Å². The van der Waals surface area contributed by atoms with Crippen molar-refractivity contribution in [3.05, 3.63) is 33.9 Å². The fraction of sp³-hybridized carbons (Fsp3) is 0.417. The van der Waals surface area contributed by atoms with Gasteiger partial charge in [0, 0.05) is 36.0 Å². The summed E-state index contributed by atoms with van der Waals surface area (Å²) in [6, 6.07) is 4.85. The Morgan fingerprint density at radius 2 is 2.29 bits per heavy atom. The van der Waals surface area contributed by atoms with E-state index in [1.165, 1.54) is 12.1 Å². The summed E-state index contributed by atoms with van der Waals surface area (Å²) in [6.45, 7) is 3.00. The van der Waals surface area contributed by atoms with Crippen LogP contribution in [0.2, 0.25) is 0 Å². The molecule has 1 atom stereocenters. The third-order valence-corrected chi connectivity index (χ3v) is 3.21. The van der Waals surface area contributed by atoms with E-state index in [2.05, 4.69) is 11.8 Å². The second-order valence-corrected chi connectivity index (χ2v) is 4.30. The van der Waals surface area contributed by atoms with Crippen LogP contribution in [0.5, 0.6) is 0 Å². The maximum absolute atomic E-state index is 11.0. The molecule has 90 valence electrons. The molecule has 0 bridgehead atoms. The Kier molecular flexibility index (Phi) is 3.08. The van der Waals surface area contributed by atoms with Gasteiger partial charge in [-0.05, 0) is 25.8 Å². The monoisotopic (exact) mass is 234 g/mol. The number of aldehydes is 1. The van der Waals surface area contributed by atoms with Gasteiger partial charge < -0.3 is 4.90 Å². The standard InChI is InChI=1S/C12H14N2O3/c1-9-3-2-6-13(9)12-5-4-11(14(16)17)7-10(12)8-15/h4-5,7-9H,2-3,6H2,1H3. The van der Waals surface area contributed by atoms with Crippen LogP contribution >= 0.6 is 0 Å². The maximum Gasteiger partial charge on any atom is 0.270 e. The quantitative estimate of drug-likeness (QED) is 0.457. The highest BCUT2D eigenvalue weighted by Crippen LogP contribution is 2.30. The Morgan fingerprint density at radius 1 is 1.53 bits per heavy atom. The Morgan fingerprint density at radius 3 is 2.82 bits per heavy atom. The summed E-state index contributed by atoms with van der Waals surface area (Å²) in [5.41, 5.74) is 1.16. The highest BCUT2D eigenvalue weighted by Gasteiger charge is 2.23. The summed E-state index contributed by atoms with van der Waals surface area (Å²) < 4.78 is 0. The molecule has 1 aliphatic rings. The number of nitro benzene ring substituents is 1. The molecule has 1 aromatic carbocycles. The van der Waals surface area contributed by atoms with Crippen molar-refractivity contribution < 1.29 is 9.72 Å². The topological polar surface area (TPSA) is 63.4 Å². The summed E-state index contributed by atoms with van der Waals surface area (Å²) in [6.07, 6.45) is 2.87. The van der Waals surface area contributed by atoms with Gasteiger partial charge in [0.15, 0.2) is 6.29 Å². The Bertz CT molecular complexity index is 459. The van der Waals surface area contributed by atoms with Crippen LogP contribution in [0.4, 0.5) is 11.4 Å². The molecule has 1 saturated heterocycles. The Balaban J connectivity index is 2.40. The van der Waals surface area contributed by atoms with Crippen LogP contribution in [-0.2, 0) is 0 Å². The first kappa shape index (κ1) is 11.6. The van der Waals surface area contributed by atoms with Crippen molar-refractivity contribution in [1.29, 1.82) is 0 Å². The van der Waals surface area contributed by atoms with E-state index in [1.54, 1.807) is 6.07 Å². The van der Waals surface area contributed by atoms with Gasteiger partial charge >= 0.3 is 0 Å². The van der Waals surface area contributed by atoms with Gasteiger partial charge in [0.1, 0.15) is 0 Å². The fourth-order valence-electron chi connectivity index (χ4n) is 2.30. The third-order valence-electron chi connectivity index (χ3n) is 3.21. The first-order valence-electron chi connectivity index (χ1n) is 5.63. The summed E-state index contributed by atoms with van der Waals surface area (Å²) in [5, 5.41) is 10.6. The largest absolute Gasteiger partial charge is 0.368 e. The second kappa shape index (κ2) is 4.53. The smallest absolute Gasteiger partial charge is 0.270 e. The van der Waals surface area contributed by atoms with Crippen molar-refractivity contribution in [2.45, 2.75) is 25.8 Å². The summed E-state index contributed by atoms with van der Waals surface area (Å²) in [7, 11) is 0. The highest BCUT2D eigenvalue weighted by molar-refractivity contribution is 5.86. The molecule has 0 aliphatic carbocycles. The van der Waals surface area contributed by atoms with E-state index in [4.69, 9.17) is 0 Å². The zero-order valence-electron chi connectivity index (χ0n) is 9.63. The highest BCUT2D eigenvalue weighted by atomic mass is 16.6. The average molecular weight is 234 g/mol. The van der Waals surface area contributed by atoms with E-state index in [0.29, 0.717) is 17.9 Å². The fourth-order valence-corrected chi connectivity index (χ4v) is 2.30. The van der Waals surface area contributed by atoms with Crippen LogP contribution in [-0.4, -0.2) is 23.8 Å². The molecule has 1 fully saturated rings. The molecule has 17 heavy (non-hydrogen) atoms. The van der Waals surface area contributed by atoms with Crippen LogP contribution < -0.4 is 4.90 Å². The van der Waals surface area contributed by atoms with E-state index in [0.717, 1.165) is 25.1 Å². The number of carbonyl (C=O) groups excluding carboxylic acids is 1. The molecule has 0 spiro atoms. The van der Waals surface area contributed by atoms with Gasteiger partial charge in [0.2, 0.25) is 0 Å². The van der Waals surface area contributed by atoms with E-state index >= 15 is 0 Å². The second-order valence-electron chi connectivity index (χ2n) is 4.30. The maximum atomic E-state index is 11.0. The van der Waals surface area contributed by atoms with Gasteiger partial charge in [0.05, 0.1) is 4.92 Å². The van der Waals surface area contributed by atoms with Crippen molar-refractivity contribution in [2.75, 3.05) is 11.4 Å². The predicted molar refractivity (Wildman–Crippen MR) is 64.5 cm³/mol. The van der Waals surface area contributed by atoms with Crippen LogP contribution in [0, 0.1) is 10.1 Å². The number of rotatable bonds is 3. The molecule has 0 saturated carbocycles. The molecule has 1 heterocycles. The van der Waals surface area contributed by atoms with Crippen molar-refractivity contribution in [1.82, 2.24) is 0 Å². The molecular weight excluding hydrogens is 220 g/mol. The lowest BCUT2D eigenvalue weighted by atomic mass is 10.1. The molecule has 0 N–H and O–H groups in total. The van der Waals surface area contributed by atoms with Crippen LogP contribution in [0.15, 0.2) is 18.2 Å². The third kappa shape index (κ3) is 2.13. The lowest BCUT2D eigenvalue weighted by Gasteiger charge is -2.24. The normalized spacial score (nSPS) is 19.4. The van der Waals surface area contributed by atoms with Gasteiger partial charge in [-0.15, -0.1) is 0 Å². The number of anilines is 1. The van der Waals surface area contributed by atoms with Crippen molar-refractivity contribution in [2.24, 2.45) is 0 Å². The van der Waals surface area contributed by atoms with Gasteiger partial charge in [-0.1, -0.05) is 0 Å². The van der Waals surface area contributed by atoms with Crippen molar-refractivity contribution in [3.63, 3.8) is 0 Å². The van der Waals surface area contributed by atoms with Crippen LogP contribution in [0.1, 0.15) is 30.1 Å².